The van der Waals surface area contributed by atoms with E-state index in [4.69, 9.17) is 5.11 Å². The molecule has 0 aliphatic carbocycles. The van der Waals surface area contributed by atoms with Crippen LogP contribution in [0.1, 0.15) is 6.92 Å². The highest BCUT2D eigenvalue weighted by Gasteiger charge is 1.82. The Morgan fingerprint density at radius 3 is 2.88 bits per heavy atom. The predicted molar refractivity (Wildman–Crippen MR) is 30.5 cm³/mol. The van der Waals surface area contributed by atoms with Gasteiger partial charge in [0.2, 0.25) is 5.91 Å². The number of amides is 1. The molecule has 0 rings (SSSR count). The third-order valence-electron chi connectivity index (χ3n) is 0.574. The number of aliphatic hydroxyl groups excluding tert-OH is 1. The summed E-state index contributed by atoms with van der Waals surface area (Å²) in [5, 5.41) is 10.5. The molecule has 3 nitrogen and oxygen atoms in total. The van der Waals surface area contributed by atoms with Crippen LogP contribution in [0, 0.1) is 0 Å². The van der Waals surface area contributed by atoms with Gasteiger partial charge in [0, 0.05) is 13.5 Å². The van der Waals surface area contributed by atoms with Crippen molar-refractivity contribution in [3.63, 3.8) is 0 Å². The molecule has 0 radical (unpaired) electrons. The van der Waals surface area contributed by atoms with Crippen LogP contribution < -0.4 is 5.32 Å². The molecule has 0 saturated carbocycles. The Morgan fingerprint density at radius 2 is 2.50 bits per heavy atom. The van der Waals surface area contributed by atoms with Crippen molar-refractivity contribution < 1.29 is 9.90 Å². The Balaban J connectivity index is 3.05. The second-order valence-corrected chi connectivity index (χ2v) is 1.32. The van der Waals surface area contributed by atoms with Crippen LogP contribution in [0.3, 0.4) is 0 Å². The van der Waals surface area contributed by atoms with Gasteiger partial charge < -0.3 is 10.4 Å². The van der Waals surface area contributed by atoms with E-state index in [0.29, 0.717) is 6.54 Å². The van der Waals surface area contributed by atoms with Crippen LogP contribution in [0.5, 0.6) is 0 Å². The Hall–Kier alpha value is -0.990. The first-order chi connectivity index (χ1) is 3.77. The molecular weight excluding hydrogens is 106 g/mol. The first-order valence-electron chi connectivity index (χ1n) is 2.31. The Bertz CT molecular complexity index is 98.6. The van der Waals surface area contributed by atoms with Crippen molar-refractivity contribution in [2.24, 2.45) is 0 Å². The molecule has 0 aliphatic rings. The Morgan fingerprint density at radius 1 is 1.88 bits per heavy atom. The van der Waals surface area contributed by atoms with Gasteiger partial charge in [-0.2, -0.15) is 0 Å². The molecule has 1 amide bonds. The standard InChI is InChI=1S/C5H9NO2/c1-5(8)6-3-2-4-7/h2,4,7H,3H2,1H3,(H,6,8). The lowest BCUT2D eigenvalue weighted by atomic mass is 10.6. The fraction of sp³-hybridized carbons (Fsp3) is 0.400. The maximum Gasteiger partial charge on any atom is 0.217 e. The predicted octanol–water partition coefficient (Wildman–Crippen LogP) is 0.194. The number of carbonyl (C=O) groups excluding carboxylic acids is 1. The van der Waals surface area contributed by atoms with Crippen molar-refractivity contribution in [3.8, 4) is 0 Å². The van der Waals surface area contributed by atoms with Crippen LogP contribution in [0.25, 0.3) is 0 Å². The van der Waals surface area contributed by atoms with E-state index in [1.54, 1.807) is 0 Å². The summed E-state index contributed by atoms with van der Waals surface area (Å²) in [7, 11) is 0. The molecule has 0 bridgehead atoms. The maximum atomic E-state index is 10.1. The van der Waals surface area contributed by atoms with E-state index in [9.17, 15) is 4.79 Å². The molecule has 0 fully saturated rings. The molecule has 0 aromatic heterocycles. The molecule has 2 N–H and O–H groups in total. The minimum Gasteiger partial charge on any atom is -0.516 e. The van der Waals surface area contributed by atoms with Crippen LogP contribution >= 0.6 is 0 Å². The van der Waals surface area contributed by atoms with Crippen LogP contribution in [-0.2, 0) is 4.79 Å². The van der Waals surface area contributed by atoms with E-state index in [0.717, 1.165) is 6.26 Å². The summed E-state index contributed by atoms with van der Waals surface area (Å²) in [5.74, 6) is -0.0944. The summed E-state index contributed by atoms with van der Waals surface area (Å²) in [6, 6.07) is 0. The smallest absolute Gasteiger partial charge is 0.217 e. The number of rotatable bonds is 2. The number of hydrogen-bond donors (Lipinski definition) is 2. The summed E-state index contributed by atoms with van der Waals surface area (Å²) in [4.78, 5) is 10.1. The van der Waals surface area contributed by atoms with Crippen LogP contribution in [-0.4, -0.2) is 17.6 Å². The number of nitrogens with one attached hydrogen (secondary N) is 1. The van der Waals surface area contributed by atoms with Crippen molar-refractivity contribution in [1.82, 2.24) is 5.32 Å². The molecule has 0 aromatic rings. The summed E-state index contributed by atoms with van der Waals surface area (Å²) >= 11 is 0. The van der Waals surface area contributed by atoms with E-state index in [2.05, 4.69) is 5.32 Å². The van der Waals surface area contributed by atoms with Gasteiger partial charge in [-0.1, -0.05) is 0 Å². The molecule has 0 heterocycles. The molecule has 0 saturated heterocycles. The van der Waals surface area contributed by atoms with E-state index in [-0.39, 0.29) is 5.91 Å². The van der Waals surface area contributed by atoms with E-state index < -0.39 is 0 Å². The quantitative estimate of drug-likeness (QED) is 0.505. The first-order valence-corrected chi connectivity index (χ1v) is 2.31. The average Bonchev–Trinajstić information content (AvgIpc) is 1.66. The summed E-state index contributed by atoms with van der Waals surface area (Å²) in [6.45, 7) is 1.82. The zero-order valence-corrected chi connectivity index (χ0v) is 4.72. The van der Waals surface area contributed by atoms with E-state index in [1.165, 1.54) is 13.0 Å². The second kappa shape index (κ2) is 4.18. The highest BCUT2D eigenvalue weighted by Crippen LogP contribution is 1.63. The number of aliphatic hydroxyl groups is 1. The molecule has 8 heavy (non-hydrogen) atoms. The lowest BCUT2D eigenvalue weighted by Crippen LogP contribution is -2.19. The van der Waals surface area contributed by atoms with Crippen LogP contribution in [0.2, 0.25) is 0 Å². The minimum absolute atomic E-state index is 0.0944. The van der Waals surface area contributed by atoms with Crippen LogP contribution in [0.15, 0.2) is 12.3 Å². The normalized spacial score (nSPS) is 9.62. The molecule has 46 valence electrons. The Labute approximate surface area is 48.0 Å². The third-order valence-corrected chi connectivity index (χ3v) is 0.574. The fourth-order valence-electron chi connectivity index (χ4n) is 0.255. The fourth-order valence-corrected chi connectivity index (χ4v) is 0.255. The zero-order chi connectivity index (χ0) is 6.41. The van der Waals surface area contributed by atoms with Gasteiger partial charge in [0.25, 0.3) is 0 Å². The summed E-state index contributed by atoms with van der Waals surface area (Å²) < 4.78 is 0. The number of carbonyl (C=O) groups is 1. The second-order valence-electron chi connectivity index (χ2n) is 1.32. The van der Waals surface area contributed by atoms with Crippen LogP contribution in [0.4, 0.5) is 0 Å². The molecular formula is C5H9NO2. The molecule has 3 heteroatoms. The SMILES string of the molecule is CC(=O)NCC=CO. The summed E-state index contributed by atoms with van der Waals surface area (Å²) in [5.41, 5.74) is 0. The topological polar surface area (TPSA) is 49.3 Å². The largest absolute Gasteiger partial charge is 0.516 e. The molecule has 0 atom stereocenters. The van der Waals surface area contributed by atoms with E-state index >= 15 is 0 Å². The van der Waals surface area contributed by atoms with Crippen molar-refractivity contribution in [1.29, 1.82) is 0 Å². The monoisotopic (exact) mass is 115 g/mol. The first kappa shape index (κ1) is 7.01. The zero-order valence-electron chi connectivity index (χ0n) is 4.72. The van der Waals surface area contributed by atoms with Gasteiger partial charge in [-0.15, -0.1) is 0 Å². The van der Waals surface area contributed by atoms with Gasteiger partial charge in [-0.25, -0.2) is 0 Å². The van der Waals surface area contributed by atoms with E-state index in [1.807, 2.05) is 0 Å². The highest BCUT2D eigenvalue weighted by molar-refractivity contribution is 5.72. The maximum absolute atomic E-state index is 10.1. The molecule has 0 unspecified atom stereocenters. The van der Waals surface area contributed by atoms with Gasteiger partial charge in [0.1, 0.15) is 0 Å². The average molecular weight is 115 g/mol. The van der Waals surface area contributed by atoms with Gasteiger partial charge in [0.15, 0.2) is 0 Å². The van der Waals surface area contributed by atoms with Gasteiger partial charge >= 0.3 is 0 Å². The molecule has 0 aromatic carbocycles. The van der Waals surface area contributed by atoms with Crippen molar-refractivity contribution >= 4 is 5.91 Å². The minimum atomic E-state index is -0.0944. The van der Waals surface area contributed by atoms with Crippen molar-refractivity contribution in [3.05, 3.63) is 12.3 Å². The number of hydrogen-bond acceptors (Lipinski definition) is 2. The lowest BCUT2D eigenvalue weighted by molar-refractivity contribution is -0.118. The summed E-state index contributed by atoms with van der Waals surface area (Å²) in [6.07, 6.45) is 2.34. The lowest BCUT2D eigenvalue weighted by Gasteiger charge is -1.91. The molecule has 0 spiro atoms. The molecule has 0 aliphatic heterocycles. The van der Waals surface area contributed by atoms with Gasteiger partial charge in [0.05, 0.1) is 6.26 Å². The third kappa shape index (κ3) is 5.01. The van der Waals surface area contributed by atoms with Gasteiger partial charge in [-0.05, 0) is 6.08 Å². The Kier molecular flexibility index (Phi) is 3.66. The van der Waals surface area contributed by atoms with Crippen molar-refractivity contribution in [2.45, 2.75) is 6.92 Å². The van der Waals surface area contributed by atoms with Gasteiger partial charge in [-0.3, -0.25) is 4.79 Å². The highest BCUT2D eigenvalue weighted by atomic mass is 16.2. The van der Waals surface area contributed by atoms with Crippen molar-refractivity contribution in [2.75, 3.05) is 6.54 Å².